The molecule has 1 aromatic rings. The topological polar surface area (TPSA) is 73.7 Å². The minimum atomic E-state index is -0.943. The first kappa shape index (κ1) is 21.9. The third kappa shape index (κ3) is 3.95. The van der Waals surface area contributed by atoms with Crippen molar-refractivity contribution in [2.24, 2.45) is 11.3 Å². The van der Waals surface area contributed by atoms with Gasteiger partial charge >= 0.3 is 0 Å². The molecule has 2 amide bonds. The second-order valence-electron chi connectivity index (χ2n) is 10.8. The minimum absolute atomic E-state index is 0.0272. The summed E-state index contributed by atoms with van der Waals surface area (Å²) in [5.74, 6) is 0.949. The van der Waals surface area contributed by atoms with E-state index in [0.29, 0.717) is 50.5 Å². The minimum Gasteiger partial charge on any atom is -0.387 e. The van der Waals surface area contributed by atoms with E-state index in [-0.39, 0.29) is 17.2 Å². The maximum Gasteiger partial charge on any atom is 0.256 e. The van der Waals surface area contributed by atoms with Crippen LogP contribution >= 0.6 is 0 Å². The number of β-amino-alcohol motifs (C(OH)–C–C–N with tert-alkyl or cyclic N) is 1. The van der Waals surface area contributed by atoms with Crippen molar-refractivity contribution in [3.8, 4) is 0 Å². The van der Waals surface area contributed by atoms with Gasteiger partial charge in [0.2, 0.25) is 5.91 Å². The molecule has 1 spiro atoms. The van der Waals surface area contributed by atoms with Gasteiger partial charge in [0.05, 0.1) is 29.9 Å². The highest BCUT2D eigenvalue weighted by Gasteiger charge is 2.56. The second-order valence-corrected chi connectivity index (χ2v) is 10.8. The molecule has 0 aromatic carbocycles. The van der Waals surface area contributed by atoms with E-state index in [4.69, 9.17) is 0 Å². The summed E-state index contributed by atoms with van der Waals surface area (Å²) in [5.41, 5.74) is 0.221. The smallest absolute Gasteiger partial charge is 0.256 e. The van der Waals surface area contributed by atoms with Gasteiger partial charge in [0.1, 0.15) is 0 Å². The van der Waals surface area contributed by atoms with Crippen molar-refractivity contribution in [2.45, 2.75) is 89.2 Å². The van der Waals surface area contributed by atoms with Gasteiger partial charge in [-0.05, 0) is 43.7 Å². The Hall–Kier alpha value is -1.95. The summed E-state index contributed by atoms with van der Waals surface area (Å²) in [5, 5.41) is 12.0. The fourth-order valence-corrected chi connectivity index (χ4v) is 6.90. The van der Waals surface area contributed by atoms with E-state index in [0.717, 1.165) is 37.8 Å². The van der Waals surface area contributed by atoms with Crippen molar-refractivity contribution in [1.82, 2.24) is 14.8 Å². The van der Waals surface area contributed by atoms with Crippen molar-refractivity contribution in [2.75, 3.05) is 19.6 Å². The number of likely N-dealkylation sites (tertiary alicyclic amines) is 1. The lowest BCUT2D eigenvalue weighted by Gasteiger charge is -2.53. The summed E-state index contributed by atoms with van der Waals surface area (Å²) in [6.45, 7) is 2.04. The highest BCUT2D eigenvalue weighted by atomic mass is 16.3. The monoisotopic (exact) mass is 439 g/mol. The Morgan fingerprint density at radius 1 is 1.12 bits per heavy atom. The molecule has 174 valence electrons. The van der Waals surface area contributed by atoms with E-state index in [1.165, 1.54) is 32.1 Å². The number of pyridine rings is 1. The molecule has 4 aliphatic rings. The summed E-state index contributed by atoms with van der Waals surface area (Å²) in [4.78, 5) is 34.2. The summed E-state index contributed by atoms with van der Waals surface area (Å²) in [6.07, 6.45) is 14.5. The maximum atomic E-state index is 13.1. The average Bonchev–Trinajstić information content (AvgIpc) is 3.41. The summed E-state index contributed by atoms with van der Waals surface area (Å²) in [6, 6.07) is 3.62. The van der Waals surface area contributed by atoms with E-state index in [1.54, 1.807) is 17.2 Å². The van der Waals surface area contributed by atoms with Crippen LogP contribution in [0.5, 0.6) is 0 Å². The Morgan fingerprint density at radius 2 is 1.91 bits per heavy atom. The second kappa shape index (κ2) is 8.77. The number of carbonyl (C=O) groups excluding carboxylic acids is 2. The number of fused-ring (bicyclic) bond motifs is 1. The standard InChI is InChI=1S/C26H37N3O3/c30-23(11-10-20-7-2-1-3-8-20)28-16-14-26(32,25(18-28)12-4-5-13-25)19-29-17-22-21(24(29)31)9-6-15-27-22/h6,9,15,20,32H,1-5,7-8,10-14,16-19H2. The first-order chi connectivity index (χ1) is 15.5. The molecule has 2 saturated carbocycles. The quantitative estimate of drug-likeness (QED) is 0.755. The lowest BCUT2D eigenvalue weighted by Crippen LogP contribution is -2.63. The number of piperidine rings is 1. The molecule has 32 heavy (non-hydrogen) atoms. The fraction of sp³-hybridized carbons (Fsp3) is 0.731. The molecule has 2 aliphatic heterocycles. The van der Waals surface area contributed by atoms with Gasteiger partial charge in [-0.15, -0.1) is 0 Å². The van der Waals surface area contributed by atoms with Gasteiger partial charge < -0.3 is 14.9 Å². The number of aromatic nitrogens is 1. The molecule has 1 N–H and O–H groups in total. The summed E-state index contributed by atoms with van der Waals surface area (Å²) < 4.78 is 0. The van der Waals surface area contributed by atoms with Crippen LogP contribution in [0.25, 0.3) is 0 Å². The zero-order chi connectivity index (χ0) is 22.2. The van der Waals surface area contributed by atoms with Crippen LogP contribution in [0.15, 0.2) is 18.3 Å². The molecule has 1 saturated heterocycles. The van der Waals surface area contributed by atoms with Crippen molar-refractivity contribution in [3.63, 3.8) is 0 Å². The third-order valence-corrected chi connectivity index (χ3v) is 8.88. The summed E-state index contributed by atoms with van der Waals surface area (Å²) >= 11 is 0. The Bertz CT molecular complexity index is 860. The number of hydrogen-bond acceptors (Lipinski definition) is 4. The maximum absolute atomic E-state index is 13.1. The van der Waals surface area contributed by atoms with Crippen molar-refractivity contribution < 1.29 is 14.7 Å². The Balaban J connectivity index is 1.26. The highest BCUT2D eigenvalue weighted by molar-refractivity contribution is 5.97. The molecule has 3 heterocycles. The van der Waals surface area contributed by atoms with Gasteiger partial charge in [-0.3, -0.25) is 14.6 Å². The van der Waals surface area contributed by atoms with Gasteiger partial charge in [0, 0.05) is 31.1 Å². The van der Waals surface area contributed by atoms with Gasteiger partial charge in [0.15, 0.2) is 0 Å². The van der Waals surface area contributed by atoms with Crippen LogP contribution in [0, 0.1) is 11.3 Å². The molecule has 6 nitrogen and oxygen atoms in total. The van der Waals surface area contributed by atoms with Gasteiger partial charge in [-0.25, -0.2) is 0 Å². The van der Waals surface area contributed by atoms with Crippen molar-refractivity contribution in [3.05, 3.63) is 29.6 Å². The van der Waals surface area contributed by atoms with Gasteiger partial charge in [-0.1, -0.05) is 44.9 Å². The van der Waals surface area contributed by atoms with Crippen molar-refractivity contribution >= 4 is 11.8 Å². The van der Waals surface area contributed by atoms with E-state index >= 15 is 0 Å². The Kier molecular flexibility index (Phi) is 5.99. The number of nitrogens with zero attached hydrogens (tertiary/aromatic N) is 3. The molecular formula is C26H37N3O3. The van der Waals surface area contributed by atoms with E-state index in [9.17, 15) is 14.7 Å². The molecule has 1 atom stereocenters. The van der Waals surface area contributed by atoms with Crippen LogP contribution in [0.2, 0.25) is 0 Å². The third-order valence-electron chi connectivity index (χ3n) is 8.88. The number of carbonyl (C=O) groups is 2. The number of hydrogen-bond donors (Lipinski definition) is 1. The lowest BCUT2D eigenvalue weighted by molar-refractivity contribution is -0.160. The molecule has 1 aromatic heterocycles. The first-order valence-electron chi connectivity index (χ1n) is 12.7. The molecule has 0 radical (unpaired) electrons. The van der Waals surface area contributed by atoms with Gasteiger partial charge in [-0.2, -0.15) is 0 Å². The largest absolute Gasteiger partial charge is 0.387 e. The zero-order valence-corrected chi connectivity index (χ0v) is 19.2. The SMILES string of the molecule is O=C(CCC1CCCCC1)N1CCC(O)(CN2Cc3ncccc3C2=O)C2(CCCC2)C1. The van der Waals surface area contributed by atoms with Crippen LogP contribution in [0.1, 0.15) is 93.1 Å². The number of aliphatic hydroxyl groups is 1. The molecule has 3 fully saturated rings. The molecule has 5 rings (SSSR count). The Morgan fingerprint density at radius 3 is 2.66 bits per heavy atom. The summed E-state index contributed by atoms with van der Waals surface area (Å²) in [7, 11) is 0. The van der Waals surface area contributed by atoms with Crippen molar-refractivity contribution in [1.29, 1.82) is 0 Å². The van der Waals surface area contributed by atoms with Crippen LogP contribution in [-0.2, 0) is 11.3 Å². The van der Waals surface area contributed by atoms with Crippen LogP contribution in [-0.4, -0.2) is 56.9 Å². The zero-order valence-electron chi connectivity index (χ0n) is 19.2. The lowest BCUT2D eigenvalue weighted by atomic mass is 9.65. The molecule has 0 bridgehead atoms. The molecule has 1 unspecified atom stereocenters. The predicted molar refractivity (Wildman–Crippen MR) is 122 cm³/mol. The van der Waals surface area contributed by atoms with Crippen LogP contribution < -0.4 is 0 Å². The van der Waals surface area contributed by atoms with Gasteiger partial charge in [0.25, 0.3) is 5.91 Å². The van der Waals surface area contributed by atoms with Crippen LogP contribution in [0.3, 0.4) is 0 Å². The molecule has 6 heteroatoms. The van der Waals surface area contributed by atoms with E-state index < -0.39 is 5.60 Å². The van der Waals surface area contributed by atoms with Crippen LogP contribution in [0.4, 0.5) is 0 Å². The molecular weight excluding hydrogens is 402 g/mol. The normalized spacial score (nSPS) is 27.8. The average molecular weight is 440 g/mol. The highest BCUT2D eigenvalue weighted by Crippen LogP contribution is 2.51. The molecule has 2 aliphatic carbocycles. The first-order valence-corrected chi connectivity index (χ1v) is 12.7. The number of rotatable bonds is 5. The number of amides is 2. The predicted octanol–water partition coefficient (Wildman–Crippen LogP) is 3.92. The van der Waals surface area contributed by atoms with E-state index in [2.05, 4.69) is 4.98 Å². The van der Waals surface area contributed by atoms with E-state index in [1.807, 2.05) is 11.0 Å². The Labute approximate surface area is 191 Å². The fourth-order valence-electron chi connectivity index (χ4n) is 6.90.